The van der Waals surface area contributed by atoms with Crippen LogP contribution in [-0.2, 0) is 0 Å². The Morgan fingerprint density at radius 2 is 2.25 bits per heavy atom. The Kier molecular flexibility index (Phi) is 3.92. The molecule has 1 amide bonds. The summed E-state index contributed by atoms with van der Waals surface area (Å²) in [6.07, 6.45) is 5.15. The van der Waals surface area contributed by atoms with E-state index >= 15 is 0 Å². The Morgan fingerprint density at radius 3 is 3.10 bits per heavy atom. The number of fused-ring (bicyclic) bond motifs is 1. The molecule has 0 unspecified atom stereocenters. The molecule has 1 aliphatic rings. The van der Waals surface area contributed by atoms with E-state index in [2.05, 4.69) is 15.6 Å². The molecule has 4 nitrogen and oxygen atoms in total. The molecule has 0 saturated carbocycles. The average Bonchev–Trinajstić information content (AvgIpc) is 3.00. The number of aromatic nitrogens is 1. The molecule has 20 heavy (non-hydrogen) atoms. The number of nitrogens with zero attached hydrogens (tertiary/aromatic N) is 1. The van der Waals surface area contributed by atoms with E-state index in [1.54, 1.807) is 12.3 Å². The minimum atomic E-state index is -0.0124. The third-order valence-electron chi connectivity index (χ3n) is 3.83. The first kappa shape index (κ1) is 13.1. The summed E-state index contributed by atoms with van der Waals surface area (Å²) >= 11 is 0. The highest BCUT2D eigenvalue weighted by molar-refractivity contribution is 6.05. The molecule has 0 radical (unpaired) electrons. The molecular weight excluding hydrogens is 250 g/mol. The zero-order valence-electron chi connectivity index (χ0n) is 11.4. The van der Waals surface area contributed by atoms with Crippen molar-refractivity contribution in [3.05, 3.63) is 42.1 Å². The van der Waals surface area contributed by atoms with Crippen LogP contribution in [0.5, 0.6) is 0 Å². The van der Waals surface area contributed by atoms with Gasteiger partial charge in [0.15, 0.2) is 0 Å². The van der Waals surface area contributed by atoms with Crippen molar-refractivity contribution in [3.63, 3.8) is 0 Å². The maximum absolute atomic E-state index is 12.3. The summed E-state index contributed by atoms with van der Waals surface area (Å²) in [5.41, 5.74) is 1.56. The third kappa shape index (κ3) is 2.80. The first-order chi connectivity index (χ1) is 9.84. The van der Waals surface area contributed by atoms with Crippen LogP contribution in [0.4, 0.5) is 0 Å². The smallest absolute Gasteiger partial charge is 0.252 e. The number of benzene rings is 1. The van der Waals surface area contributed by atoms with Crippen molar-refractivity contribution < 1.29 is 4.79 Å². The molecule has 0 spiro atoms. The van der Waals surface area contributed by atoms with Gasteiger partial charge in [-0.3, -0.25) is 9.78 Å². The predicted molar refractivity (Wildman–Crippen MR) is 79.7 cm³/mol. The number of carbonyl (C=O) groups excluding carboxylic acids is 1. The van der Waals surface area contributed by atoms with Crippen molar-refractivity contribution in [2.75, 3.05) is 13.1 Å². The van der Waals surface area contributed by atoms with Gasteiger partial charge in [0.2, 0.25) is 0 Å². The Morgan fingerprint density at radius 1 is 1.35 bits per heavy atom. The lowest BCUT2D eigenvalue weighted by Crippen LogP contribution is -2.30. The molecule has 4 heteroatoms. The van der Waals surface area contributed by atoms with Crippen LogP contribution in [0.2, 0.25) is 0 Å². The highest BCUT2D eigenvalue weighted by atomic mass is 16.1. The summed E-state index contributed by atoms with van der Waals surface area (Å²) in [6, 6.07) is 10.1. The van der Waals surface area contributed by atoms with Gasteiger partial charge < -0.3 is 10.6 Å². The van der Waals surface area contributed by atoms with Crippen molar-refractivity contribution in [2.45, 2.75) is 25.3 Å². The fourth-order valence-electron chi connectivity index (χ4n) is 2.75. The van der Waals surface area contributed by atoms with Gasteiger partial charge in [0.25, 0.3) is 5.91 Å². The Hall–Kier alpha value is -1.94. The topological polar surface area (TPSA) is 54.0 Å². The molecule has 1 saturated heterocycles. The van der Waals surface area contributed by atoms with Gasteiger partial charge in [0.05, 0.1) is 11.1 Å². The molecule has 2 aromatic rings. The molecule has 2 heterocycles. The van der Waals surface area contributed by atoms with E-state index in [1.165, 1.54) is 12.8 Å². The van der Waals surface area contributed by atoms with Crippen LogP contribution in [0.15, 0.2) is 36.5 Å². The van der Waals surface area contributed by atoms with Gasteiger partial charge >= 0.3 is 0 Å². The molecule has 2 N–H and O–H groups in total. The van der Waals surface area contributed by atoms with Crippen LogP contribution >= 0.6 is 0 Å². The van der Waals surface area contributed by atoms with E-state index in [9.17, 15) is 4.79 Å². The van der Waals surface area contributed by atoms with Crippen LogP contribution in [-0.4, -0.2) is 30.0 Å². The average molecular weight is 269 g/mol. The molecule has 0 aliphatic carbocycles. The minimum Gasteiger partial charge on any atom is -0.352 e. The highest BCUT2D eigenvalue weighted by Crippen LogP contribution is 2.16. The van der Waals surface area contributed by atoms with Crippen LogP contribution in [0, 0.1) is 0 Å². The summed E-state index contributed by atoms with van der Waals surface area (Å²) in [5, 5.41) is 7.36. The molecular formula is C16H19N3O. The minimum absolute atomic E-state index is 0.0124. The summed E-state index contributed by atoms with van der Waals surface area (Å²) in [5.74, 6) is -0.0124. The van der Waals surface area contributed by atoms with Crippen LogP contribution in [0.3, 0.4) is 0 Å². The lowest BCUT2D eigenvalue weighted by Gasteiger charge is -2.11. The zero-order valence-corrected chi connectivity index (χ0v) is 11.4. The number of nitrogens with one attached hydrogen (secondary N) is 2. The Labute approximate surface area is 118 Å². The van der Waals surface area contributed by atoms with E-state index in [0.717, 1.165) is 23.9 Å². The lowest BCUT2D eigenvalue weighted by atomic mass is 10.1. The van der Waals surface area contributed by atoms with E-state index in [1.807, 2.05) is 24.3 Å². The number of para-hydroxylation sites is 1. The quantitative estimate of drug-likeness (QED) is 0.893. The molecule has 104 valence electrons. The van der Waals surface area contributed by atoms with E-state index in [4.69, 9.17) is 0 Å². The lowest BCUT2D eigenvalue weighted by molar-refractivity contribution is 0.0954. The standard InChI is InChI=1S/C16H19N3O/c20-16(19-10-7-12-4-3-9-17-12)14-8-11-18-15-6-2-1-5-13(14)15/h1-2,5-6,8,11-12,17H,3-4,7,9-10H2,(H,19,20)/t12-/m1/s1. The van der Waals surface area contributed by atoms with Crippen LogP contribution in [0.25, 0.3) is 10.9 Å². The third-order valence-corrected chi connectivity index (χ3v) is 3.83. The fourth-order valence-corrected chi connectivity index (χ4v) is 2.75. The van der Waals surface area contributed by atoms with Gasteiger partial charge in [-0.2, -0.15) is 0 Å². The summed E-state index contributed by atoms with van der Waals surface area (Å²) in [4.78, 5) is 16.6. The largest absolute Gasteiger partial charge is 0.352 e. The van der Waals surface area contributed by atoms with Crippen molar-refractivity contribution in [1.82, 2.24) is 15.6 Å². The number of carbonyl (C=O) groups is 1. The van der Waals surface area contributed by atoms with Crippen molar-refractivity contribution in [1.29, 1.82) is 0 Å². The maximum atomic E-state index is 12.3. The molecule has 1 atom stereocenters. The second kappa shape index (κ2) is 6.01. The van der Waals surface area contributed by atoms with E-state index < -0.39 is 0 Å². The van der Waals surface area contributed by atoms with Crippen molar-refractivity contribution in [3.8, 4) is 0 Å². The molecule has 1 aromatic carbocycles. The molecule has 1 aromatic heterocycles. The van der Waals surface area contributed by atoms with E-state index in [-0.39, 0.29) is 5.91 Å². The van der Waals surface area contributed by atoms with Gasteiger partial charge in [-0.05, 0) is 37.9 Å². The second-order valence-corrected chi connectivity index (χ2v) is 5.21. The number of pyridine rings is 1. The van der Waals surface area contributed by atoms with Gasteiger partial charge in [-0.15, -0.1) is 0 Å². The molecule has 3 rings (SSSR count). The van der Waals surface area contributed by atoms with Crippen LogP contribution in [0.1, 0.15) is 29.6 Å². The first-order valence-electron chi connectivity index (χ1n) is 7.20. The number of hydrogen-bond donors (Lipinski definition) is 2. The summed E-state index contributed by atoms with van der Waals surface area (Å²) in [7, 11) is 0. The summed E-state index contributed by atoms with van der Waals surface area (Å²) < 4.78 is 0. The fraction of sp³-hybridized carbons (Fsp3) is 0.375. The summed E-state index contributed by atoms with van der Waals surface area (Å²) in [6.45, 7) is 1.82. The monoisotopic (exact) mass is 269 g/mol. The molecule has 1 fully saturated rings. The first-order valence-corrected chi connectivity index (χ1v) is 7.20. The van der Waals surface area contributed by atoms with E-state index in [0.29, 0.717) is 18.2 Å². The highest BCUT2D eigenvalue weighted by Gasteiger charge is 2.14. The number of amides is 1. The Balaban J connectivity index is 1.66. The second-order valence-electron chi connectivity index (χ2n) is 5.21. The predicted octanol–water partition coefficient (Wildman–Crippen LogP) is 2.11. The van der Waals surface area contributed by atoms with Crippen molar-refractivity contribution in [2.24, 2.45) is 0 Å². The van der Waals surface area contributed by atoms with Crippen LogP contribution < -0.4 is 10.6 Å². The van der Waals surface area contributed by atoms with Gasteiger partial charge in [0, 0.05) is 24.2 Å². The van der Waals surface area contributed by atoms with Gasteiger partial charge in [0.1, 0.15) is 0 Å². The number of rotatable bonds is 4. The maximum Gasteiger partial charge on any atom is 0.252 e. The Bertz CT molecular complexity index is 600. The normalized spacial score (nSPS) is 18.3. The van der Waals surface area contributed by atoms with Gasteiger partial charge in [-0.1, -0.05) is 18.2 Å². The van der Waals surface area contributed by atoms with Gasteiger partial charge in [-0.25, -0.2) is 0 Å². The zero-order chi connectivity index (χ0) is 13.8. The molecule has 0 bridgehead atoms. The molecule has 1 aliphatic heterocycles. The van der Waals surface area contributed by atoms with Crippen molar-refractivity contribution >= 4 is 16.8 Å². The SMILES string of the molecule is O=C(NCC[C@H]1CCCN1)c1ccnc2ccccc12. The number of hydrogen-bond acceptors (Lipinski definition) is 3.